The van der Waals surface area contributed by atoms with E-state index in [9.17, 15) is 8.42 Å². The number of hydrogen-bond donors (Lipinski definition) is 1. The number of nitrogens with one attached hydrogen (secondary N) is 1. The number of pyridine rings is 1. The Morgan fingerprint density at radius 2 is 2.17 bits per heavy atom. The summed E-state index contributed by atoms with van der Waals surface area (Å²) in [6.45, 7) is 2.18. The molecular weight excluding hydrogens is 256 g/mol. The van der Waals surface area contributed by atoms with E-state index in [0.717, 1.165) is 12.8 Å². The molecule has 0 unspecified atom stereocenters. The average molecular weight is 270 g/mol. The topological polar surface area (TPSA) is 97.8 Å². The number of aromatic nitrogens is 4. The van der Waals surface area contributed by atoms with Crippen molar-refractivity contribution in [2.75, 3.05) is 6.61 Å². The SMILES string of the molecule is CCCCOS(=O)(=O)Cc1ccc2n[nH]nc2n1. The molecule has 1 N–H and O–H groups in total. The minimum atomic E-state index is -3.58. The third-order valence-electron chi connectivity index (χ3n) is 2.32. The van der Waals surface area contributed by atoms with Gasteiger partial charge >= 0.3 is 0 Å². The predicted octanol–water partition coefficient (Wildman–Crippen LogP) is 0.999. The minimum absolute atomic E-state index is 0.213. The third-order valence-corrected chi connectivity index (χ3v) is 3.50. The molecule has 0 bridgehead atoms. The molecule has 7 nitrogen and oxygen atoms in total. The Hall–Kier alpha value is -1.54. The van der Waals surface area contributed by atoms with Crippen molar-refractivity contribution in [3.63, 3.8) is 0 Å². The van der Waals surface area contributed by atoms with Gasteiger partial charge in [-0.3, -0.25) is 4.18 Å². The Bertz CT molecular complexity index is 623. The standard InChI is InChI=1S/C10H14N4O3S/c1-2-3-6-17-18(15,16)7-8-4-5-9-10(11-8)13-14-12-9/h4-5H,2-3,6-7H2,1H3,(H,11,12,13,14). The summed E-state index contributed by atoms with van der Waals surface area (Å²) in [5.41, 5.74) is 1.40. The Kier molecular flexibility index (Phi) is 3.87. The van der Waals surface area contributed by atoms with E-state index in [-0.39, 0.29) is 12.4 Å². The highest BCUT2D eigenvalue weighted by Crippen LogP contribution is 2.10. The molecule has 0 aliphatic heterocycles. The van der Waals surface area contributed by atoms with E-state index in [1.807, 2.05) is 6.92 Å². The molecule has 0 amide bonds. The molecule has 0 fully saturated rings. The molecule has 0 aliphatic rings. The van der Waals surface area contributed by atoms with Gasteiger partial charge in [0.15, 0.2) is 0 Å². The van der Waals surface area contributed by atoms with Crippen molar-refractivity contribution in [1.82, 2.24) is 20.4 Å². The van der Waals surface area contributed by atoms with Crippen molar-refractivity contribution in [3.05, 3.63) is 17.8 Å². The van der Waals surface area contributed by atoms with Crippen LogP contribution in [0.2, 0.25) is 0 Å². The highest BCUT2D eigenvalue weighted by Gasteiger charge is 2.14. The fourth-order valence-corrected chi connectivity index (χ4v) is 2.39. The van der Waals surface area contributed by atoms with Crippen molar-refractivity contribution in [2.24, 2.45) is 0 Å². The van der Waals surface area contributed by atoms with Gasteiger partial charge in [-0.2, -0.15) is 18.7 Å². The first-order valence-corrected chi connectivity index (χ1v) is 7.22. The van der Waals surface area contributed by atoms with Gasteiger partial charge in [0.1, 0.15) is 11.3 Å². The van der Waals surface area contributed by atoms with Crippen LogP contribution >= 0.6 is 0 Å². The van der Waals surface area contributed by atoms with E-state index in [2.05, 4.69) is 20.4 Å². The zero-order valence-corrected chi connectivity index (χ0v) is 10.8. The van der Waals surface area contributed by atoms with E-state index in [1.165, 1.54) is 0 Å². The highest BCUT2D eigenvalue weighted by molar-refractivity contribution is 7.85. The van der Waals surface area contributed by atoms with Crippen molar-refractivity contribution in [2.45, 2.75) is 25.5 Å². The molecule has 18 heavy (non-hydrogen) atoms. The van der Waals surface area contributed by atoms with Crippen LogP contribution in [0.15, 0.2) is 12.1 Å². The Labute approximate surface area is 105 Å². The summed E-state index contributed by atoms with van der Waals surface area (Å²) >= 11 is 0. The third kappa shape index (κ3) is 3.23. The lowest BCUT2D eigenvalue weighted by Gasteiger charge is -2.04. The quantitative estimate of drug-likeness (QED) is 0.621. The molecule has 0 radical (unpaired) electrons. The van der Waals surface area contributed by atoms with Gasteiger partial charge in [-0.15, -0.1) is 5.10 Å². The Morgan fingerprint density at radius 1 is 1.33 bits per heavy atom. The maximum atomic E-state index is 11.6. The van der Waals surface area contributed by atoms with Crippen LogP contribution in [0.25, 0.3) is 11.2 Å². The molecule has 98 valence electrons. The Balaban J connectivity index is 2.07. The molecule has 0 saturated heterocycles. The highest BCUT2D eigenvalue weighted by atomic mass is 32.2. The van der Waals surface area contributed by atoms with Crippen LogP contribution in [0.5, 0.6) is 0 Å². The fraction of sp³-hybridized carbons (Fsp3) is 0.500. The van der Waals surface area contributed by atoms with Gasteiger partial charge in [-0.25, -0.2) is 4.98 Å². The van der Waals surface area contributed by atoms with E-state index in [1.54, 1.807) is 12.1 Å². The van der Waals surface area contributed by atoms with Gasteiger partial charge in [0.25, 0.3) is 10.1 Å². The summed E-state index contributed by atoms with van der Waals surface area (Å²) in [5.74, 6) is -0.250. The first kappa shape index (κ1) is 12.9. The van der Waals surface area contributed by atoms with Gasteiger partial charge in [0.2, 0.25) is 5.65 Å². The van der Waals surface area contributed by atoms with Crippen molar-refractivity contribution in [3.8, 4) is 0 Å². The lowest BCUT2D eigenvalue weighted by atomic mass is 10.3. The smallest absolute Gasteiger partial charge is 0.270 e. The molecule has 2 aromatic heterocycles. The molecule has 0 aliphatic carbocycles. The maximum Gasteiger partial charge on any atom is 0.273 e. The summed E-state index contributed by atoms with van der Waals surface area (Å²) in [5, 5.41) is 10.1. The number of fused-ring (bicyclic) bond motifs is 1. The average Bonchev–Trinajstić information content (AvgIpc) is 2.75. The number of H-pyrrole nitrogens is 1. The van der Waals surface area contributed by atoms with E-state index >= 15 is 0 Å². The second kappa shape index (κ2) is 5.40. The lowest BCUT2D eigenvalue weighted by Crippen LogP contribution is -2.10. The van der Waals surface area contributed by atoms with Crippen LogP contribution in [-0.4, -0.2) is 35.4 Å². The maximum absolute atomic E-state index is 11.6. The van der Waals surface area contributed by atoms with Gasteiger partial charge in [0, 0.05) is 0 Å². The van der Waals surface area contributed by atoms with Crippen LogP contribution in [-0.2, 0) is 20.1 Å². The molecule has 0 atom stereocenters. The van der Waals surface area contributed by atoms with E-state index in [0.29, 0.717) is 16.9 Å². The fourth-order valence-electron chi connectivity index (χ4n) is 1.41. The molecule has 0 aromatic carbocycles. The zero-order chi connectivity index (χ0) is 13.0. The summed E-state index contributed by atoms with van der Waals surface area (Å²) in [6, 6.07) is 3.27. The number of hydrogen-bond acceptors (Lipinski definition) is 6. The lowest BCUT2D eigenvalue weighted by molar-refractivity contribution is 0.310. The van der Waals surface area contributed by atoms with Crippen molar-refractivity contribution in [1.29, 1.82) is 0 Å². The molecule has 2 heterocycles. The van der Waals surface area contributed by atoms with Gasteiger partial charge in [0.05, 0.1) is 12.3 Å². The van der Waals surface area contributed by atoms with E-state index < -0.39 is 10.1 Å². The zero-order valence-electron chi connectivity index (χ0n) is 9.96. The summed E-state index contributed by atoms with van der Waals surface area (Å²) in [4.78, 5) is 4.08. The molecule has 2 rings (SSSR count). The van der Waals surface area contributed by atoms with Crippen LogP contribution in [0, 0.1) is 0 Å². The number of unbranched alkanes of at least 4 members (excludes halogenated alkanes) is 1. The van der Waals surface area contributed by atoms with Crippen LogP contribution in [0.4, 0.5) is 0 Å². The van der Waals surface area contributed by atoms with Gasteiger partial charge < -0.3 is 0 Å². The largest absolute Gasteiger partial charge is 0.273 e. The second-order valence-corrected chi connectivity index (χ2v) is 5.49. The predicted molar refractivity (Wildman–Crippen MR) is 65.2 cm³/mol. The van der Waals surface area contributed by atoms with Crippen LogP contribution in [0.1, 0.15) is 25.5 Å². The first-order valence-electron chi connectivity index (χ1n) is 5.64. The van der Waals surface area contributed by atoms with Crippen molar-refractivity contribution >= 4 is 21.3 Å². The molecule has 8 heteroatoms. The van der Waals surface area contributed by atoms with Gasteiger partial charge in [-0.05, 0) is 18.6 Å². The molecule has 2 aromatic rings. The molecule has 0 saturated carbocycles. The normalized spacial score (nSPS) is 12.1. The van der Waals surface area contributed by atoms with Crippen molar-refractivity contribution < 1.29 is 12.6 Å². The summed E-state index contributed by atoms with van der Waals surface area (Å²) < 4.78 is 28.1. The monoisotopic (exact) mass is 270 g/mol. The molecule has 0 spiro atoms. The Morgan fingerprint density at radius 3 is 2.94 bits per heavy atom. The minimum Gasteiger partial charge on any atom is -0.270 e. The number of nitrogens with zero attached hydrogens (tertiary/aromatic N) is 3. The number of aromatic amines is 1. The van der Waals surface area contributed by atoms with Crippen LogP contribution in [0.3, 0.4) is 0 Å². The summed E-state index contributed by atoms with van der Waals surface area (Å²) in [7, 11) is -3.58. The van der Waals surface area contributed by atoms with Gasteiger partial charge in [-0.1, -0.05) is 13.3 Å². The number of rotatable bonds is 6. The second-order valence-electron chi connectivity index (χ2n) is 3.85. The summed E-state index contributed by atoms with van der Waals surface area (Å²) in [6.07, 6.45) is 1.60. The van der Waals surface area contributed by atoms with E-state index in [4.69, 9.17) is 4.18 Å². The molecular formula is C10H14N4O3S. The first-order chi connectivity index (χ1) is 8.61. The van der Waals surface area contributed by atoms with Crippen LogP contribution < -0.4 is 0 Å².